The van der Waals surface area contributed by atoms with Gasteiger partial charge in [0.05, 0.1) is 17.7 Å². The quantitative estimate of drug-likeness (QED) is 0.599. The van der Waals surface area contributed by atoms with E-state index in [1.54, 1.807) is 6.92 Å². The van der Waals surface area contributed by atoms with Gasteiger partial charge in [-0.05, 0) is 60.9 Å². The first kappa shape index (κ1) is 22.4. The van der Waals surface area contributed by atoms with Gasteiger partial charge < -0.3 is 19.9 Å². The lowest BCUT2D eigenvalue weighted by Gasteiger charge is -2.49. The first-order valence-corrected chi connectivity index (χ1v) is 11.4. The van der Waals surface area contributed by atoms with E-state index < -0.39 is 17.5 Å². The summed E-state index contributed by atoms with van der Waals surface area (Å²) in [6.07, 6.45) is 0.481. The van der Waals surface area contributed by atoms with Crippen molar-refractivity contribution in [2.45, 2.75) is 37.6 Å². The molecule has 6 nitrogen and oxygen atoms in total. The molecule has 0 bridgehead atoms. The average molecular weight is 463 g/mol. The molecule has 3 unspecified atom stereocenters. The number of piperidine rings is 1. The molecule has 0 spiro atoms. The lowest BCUT2D eigenvalue weighted by molar-refractivity contribution is -0.0665. The van der Waals surface area contributed by atoms with Crippen molar-refractivity contribution in [3.05, 3.63) is 95.3 Å². The zero-order chi connectivity index (χ0) is 23.7. The van der Waals surface area contributed by atoms with Gasteiger partial charge in [-0.2, -0.15) is 0 Å². The summed E-state index contributed by atoms with van der Waals surface area (Å²) < 4.78 is 24.3. The number of halogens is 1. The predicted octanol–water partition coefficient (Wildman–Crippen LogP) is 4.05. The molecule has 5 rings (SSSR count). The van der Waals surface area contributed by atoms with Crippen molar-refractivity contribution in [2.24, 2.45) is 0 Å². The fraction of sp³-hybridized carbons (Fsp3) is 0.296. The van der Waals surface area contributed by atoms with Crippen molar-refractivity contribution in [1.29, 1.82) is 0 Å². The molecule has 1 amide bonds. The zero-order valence-corrected chi connectivity index (χ0v) is 18.9. The Kier molecular flexibility index (Phi) is 5.98. The molecule has 2 aliphatic heterocycles. The monoisotopic (exact) mass is 462 g/mol. The Bertz CT molecular complexity index is 1170. The molecule has 7 heteroatoms. The number of likely N-dealkylation sites (tertiary alicyclic amines) is 1. The van der Waals surface area contributed by atoms with Crippen molar-refractivity contribution in [3.63, 3.8) is 0 Å². The topological polar surface area (TPSA) is 71.0 Å². The molecule has 3 aromatic rings. The van der Waals surface area contributed by atoms with Crippen LogP contribution in [0.2, 0.25) is 0 Å². The summed E-state index contributed by atoms with van der Waals surface area (Å²) in [4.78, 5) is 15.4. The van der Waals surface area contributed by atoms with Crippen LogP contribution in [0.3, 0.4) is 0 Å². The largest absolute Gasteiger partial charge is 0.454 e. The van der Waals surface area contributed by atoms with Crippen LogP contribution in [0.15, 0.2) is 72.8 Å². The number of hydrogen-bond acceptors (Lipinski definition) is 5. The number of hydrogen-bond donors (Lipinski definition) is 2. The van der Waals surface area contributed by atoms with E-state index >= 15 is 0 Å². The van der Waals surface area contributed by atoms with Crippen LogP contribution in [0.25, 0.3) is 0 Å². The minimum atomic E-state index is -1.14. The van der Waals surface area contributed by atoms with Crippen LogP contribution in [-0.2, 0) is 6.54 Å². The van der Waals surface area contributed by atoms with Gasteiger partial charge >= 0.3 is 0 Å². The maximum atomic E-state index is 13.4. The molecule has 1 fully saturated rings. The second kappa shape index (κ2) is 9.08. The molecule has 0 aliphatic carbocycles. The first-order chi connectivity index (χ1) is 16.4. The molecule has 0 aromatic heterocycles. The van der Waals surface area contributed by atoms with E-state index in [0.29, 0.717) is 25.1 Å². The second-order valence-corrected chi connectivity index (χ2v) is 9.08. The zero-order valence-electron chi connectivity index (χ0n) is 18.9. The highest BCUT2D eigenvalue weighted by Crippen LogP contribution is 2.39. The van der Waals surface area contributed by atoms with E-state index in [0.717, 1.165) is 22.6 Å². The average Bonchev–Trinajstić information content (AvgIpc) is 3.30. The lowest BCUT2D eigenvalue weighted by atomic mass is 9.79. The third-order valence-corrected chi connectivity index (χ3v) is 6.64. The normalized spacial score (nSPS) is 24.1. The van der Waals surface area contributed by atoms with Gasteiger partial charge in [-0.15, -0.1) is 0 Å². The highest BCUT2D eigenvalue weighted by molar-refractivity contribution is 5.94. The summed E-state index contributed by atoms with van der Waals surface area (Å²) >= 11 is 0. The molecular formula is C27H27FN2O4. The van der Waals surface area contributed by atoms with E-state index in [-0.39, 0.29) is 18.7 Å². The van der Waals surface area contributed by atoms with Gasteiger partial charge in [0.1, 0.15) is 5.82 Å². The van der Waals surface area contributed by atoms with Crippen LogP contribution in [0, 0.1) is 5.82 Å². The number of ether oxygens (including phenoxy) is 2. The van der Waals surface area contributed by atoms with Crippen LogP contribution in [-0.4, -0.2) is 40.9 Å². The molecular weight excluding hydrogens is 435 g/mol. The van der Waals surface area contributed by atoms with Gasteiger partial charge in [0, 0.05) is 18.7 Å². The molecule has 2 aliphatic rings. The fourth-order valence-corrected chi connectivity index (χ4v) is 4.78. The first-order valence-electron chi connectivity index (χ1n) is 11.4. The molecule has 2 N–H and O–H groups in total. The summed E-state index contributed by atoms with van der Waals surface area (Å²) in [6, 6.07) is 20.3. The smallest absolute Gasteiger partial charge is 0.251 e. The number of rotatable bonds is 5. The molecule has 0 radical (unpaired) electrons. The Morgan fingerprint density at radius 1 is 1.09 bits per heavy atom. The number of carbonyl (C=O) groups is 1. The van der Waals surface area contributed by atoms with E-state index in [1.165, 1.54) is 24.3 Å². The van der Waals surface area contributed by atoms with E-state index in [4.69, 9.17) is 9.47 Å². The Balaban J connectivity index is 1.47. The van der Waals surface area contributed by atoms with Crippen molar-refractivity contribution in [2.75, 3.05) is 13.3 Å². The van der Waals surface area contributed by atoms with Crippen molar-refractivity contribution in [3.8, 4) is 11.5 Å². The van der Waals surface area contributed by atoms with Crippen LogP contribution in [0.1, 0.15) is 40.9 Å². The van der Waals surface area contributed by atoms with Crippen LogP contribution >= 0.6 is 0 Å². The van der Waals surface area contributed by atoms with Gasteiger partial charge in [-0.1, -0.05) is 36.4 Å². The molecule has 34 heavy (non-hydrogen) atoms. The molecule has 176 valence electrons. The summed E-state index contributed by atoms with van der Waals surface area (Å²) in [6.45, 7) is 3.23. The van der Waals surface area contributed by atoms with Crippen LogP contribution in [0.4, 0.5) is 4.39 Å². The van der Waals surface area contributed by atoms with Gasteiger partial charge in [0.25, 0.3) is 5.91 Å². The maximum absolute atomic E-state index is 13.4. The van der Waals surface area contributed by atoms with Gasteiger partial charge in [-0.25, -0.2) is 4.39 Å². The van der Waals surface area contributed by atoms with Crippen LogP contribution in [0.5, 0.6) is 11.5 Å². The molecule has 2 heterocycles. The number of amides is 1. The van der Waals surface area contributed by atoms with Crippen molar-refractivity contribution in [1.82, 2.24) is 10.2 Å². The molecule has 1 saturated heterocycles. The number of carbonyl (C=O) groups excluding carboxylic acids is 1. The summed E-state index contributed by atoms with van der Waals surface area (Å²) in [7, 11) is 0. The number of aliphatic hydroxyl groups is 1. The minimum Gasteiger partial charge on any atom is -0.454 e. The Labute approximate surface area is 197 Å². The Morgan fingerprint density at radius 2 is 1.82 bits per heavy atom. The standard InChI is InChI=1S/C27H27FN2O4/c1-27(32)13-14-30(16-18-7-12-22-23(15-18)34-17-33-22)24(19-5-3-2-4-6-19)25(27)29-26(31)20-8-10-21(28)11-9-20/h2-12,15,24-25,32H,13-14,16-17H2,1H3,(H,29,31). The van der Waals surface area contributed by atoms with Gasteiger partial charge in [0.15, 0.2) is 11.5 Å². The number of fused-ring (bicyclic) bond motifs is 1. The fourth-order valence-electron chi connectivity index (χ4n) is 4.78. The third-order valence-electron chi connectivity index (χ3n) is 6.64. The highest BCUT2D eigenvalue weighted by Gasteiger charge is 2.46. The lowest BCUT2D eigenvalue weighted by Crippen LogP contribution is -2.62. The Morgan fingerprint density at radius 3 is 2.59 bits per heavy atom. The number of nitrogens with one attached hydrogen (secondary N) is 1. The van der Waals surface area contributed by atoms with E-state index in [9.17, 15) is 14.3 Å². The van der Waals surface area contributed by atoms with Crippen molar-refractivity contribution >= 4 is 5.91 Å². The summed E-state index contributed by atoms with van der Waals surface area (Å²) in [5.41, 5.74) is 1.25. The summed E-state index contributed by atoms with van der Waals surface area (Å²) in [5, 5.41) is 14.4. The molecule has 0 saturated carbocycles. The second-order valence-electron chi connectivity index (χ2n) is 9.08. The predicted molar refractivity (Wildman–Crippen MR) is 125 cm³/mol. The number of nitrogens with zero attached hydrogens (tertiary/aromatic N) is 1. The Hall–Kier alpha value is -3.42. The maximum Gasteiger partial charge on any atom is 0.251 e. The van der Waals surface area contributed by atoms with Crippen LogP contribution < -0.4 is 14.8 Å². The SMILES string of the molecule is CC1(O)CCN(Cc2ccc3c(c2)OCO3)C(c2ccccc2)C1NC(=O)c1ccc(F)cc1. The van der Waals surface area contributed by atoms with E-state index in [2.05, 4.69) is 10.2 Å². The molecule has 3 aromatic carbocycles. The third kappa shape index (κ3) is 4.49. The number of benzene rings is 3. The highest BCUT2D eigenvalue weighted by atomic mass is 19.1. The van der Waals surface area contributed by atoms with E-state index in [1.807, 2.05) is 48.5 Å². The minimum absolute atomic E-state index is 0.218. The summed E-state index contributed by atoms with van der Waals surface area (Å²) in [5.74, 6) is 0.697. The van der Waals surface area contributed by atoms with Crippen molar-refractivity contribution < 1.29 is 23.8 Å². The van der Waals surface area contributed by atoms with Gasteiger partial charge in [-0.3, -0.25) is 9.69 Å². The molecule has 3 atom stereocenters. The van der Waals surface area contributed by atoms with Gasteiger partial charge in [0.2, 0.25) is 6.79 Å².